The van der Waals surface area contributed by atoms with E-state index >= 15 is 0 Å². The number of pyridine rings is 1. The summed E-state index contributed by atoms with van der Waals surface area (Å²) < 4.78 is 0. The molecule has 0 bridgehead atoms. The average Bonchev–Trinajstić information content (AvgIpc) is 3.06. The minimum absolute atomic E-state index is 0.882. The summed E-state index contributed by atoms with van der Waals surface area (Å²) in [7, 11) is 0. The Bertz CT molecular complexity index is 1320. The number of anilines is 1. The fraction of sp³-hybridized carbons (Fsp3) is 0.148. The Labute approximate surface area is 182 Å². The molecular formula is C27H26N4. The van der Waals surface area contributed by atoms with Crippen LogP contribution in [0, 0.1) is 6.92 Å². The van der Waals surface area contributed by atoms with Crippen LogP contribution in [-0.4, -0.2) is 16.5 Å². The summed E-state index contributed by atoms with van der Waals surface area (Å²) in [5, 5.41) is 9.61. The first-order valence-corrected chi connectivity index (χ1v) is 10.8. The van der Waals surface area contributed by atoms with Crippen molar-refractivity contribution < 1.29 is 0 Å². The lowest BCUT2D eigenvalue weighted by Crippen LogP contribution is -2.15. The average molecular weight is 407 g/mol. The summed E-state index contributed by atoms with van der Waals surface area (Å²) in [6, 6.07) is 18.8. The van der Waals surface area contributed by atoms with E-state index in [0.717, 1.165) is 53.1 Å². The van der Waals surface area contributed by atoms with Gasteiger partial charge in [0.15, 0.2) is 0 Å². The van der Waals surface area contributed by atoms with Gasteiger partial charge in [-0.25, -0.2) is 0 Å². The fourth-order valence-corrected chi connectivity index (χ4v) is 4.10. The molecule has 0 atom stereocenters. The third-order valence-electron chi connectivity index (χ3n) is 5.64. The molecule has 3 N–H and O–H groups in total. The van der Waals surface area contributed by atoms with Gasteiger partial charge in [-0.1, -0.05) is 48.6 Å². The second kappa shape index (κ2) is 8.52. The summed E-state index contributed by atoms with van der Waals surface area (Å²) in [6.45, 7) is 2.93. The molecule has 0 saturated heterocycles. The van der Waals surface area contributed by atoms with Crippen LogP contribution in [0.5, 0.6) is 0 Å². The van der Waals surface area contributed by atoms with Gasteiger partial charge >= 0.3 is 0 Å². The zero-order chi connectivity index (χ0) is 21.0. The molecule has 1 aliphatic rings. The lowest BCUT2D eigenvalue weighted by molar-refractivity contribution is 0.805. The van der Waals surface area contributed by atoms with Crippen molar-refractivity contribution in [1.82, 2.24) is 15.3 Å². The van der Waals surface area contributed by atoms with E-state index in [1.165, 1.54) is 16.5 Å². The molecule has 2 heterocycles. The number of aromatic nitrogens is 2. The third-order valence-corrected chi connectivity index (χ3v) is 5.64. The van der Waals surface area contributed by atoms with E-state index < -0.39 is 0 Å². The minimum Gasteiger partial charge on any atom is -0.385 e. The number of aromatic amines is 1. The second-order valence-corrected chi connectivity index (χ2v) is 7.88. The van der Waals surface area contributed by atoms with Crippen LogP contribution >= 0.6 is 0 Å². The standard InChI is InChI=1S/C27H26N4/c1-19-17-27(24-10-3-5-12-26(24)30-19)31-22-8-6-7-21(13-14-22)28-16-15-20-18-29-25-11-4-2-9-23(20)25/h2-5,7-14,17-18,28-29H,6,15-16H2,1H3,(H,30,31). The number of fused-ring (bicyclic) bond motifs is 2. The first kappa shape index (κ1) is 19.2. The monoisotopic (exact) mass is 406 g/mol. The molecule has 0 aliphatic heterocycles. The number of benzene rings is 2. The van der Waals surface area contributed by atoms with Crippen LogP contribution in [0.3, 0.4) is 0 Å². The maximum Gasteiger partial charge on any atom is 0.0726 e. The maximum atomic E-state index is 4.63. The number of H-pyrrole nitrogens is 1. The Morgan fingerprint density at radius 2 is 1.71 bits per heavy atom. The molecule has 0 unspecified atom stereocenters. The minimum atomic E-state index is 0.882. The van der Waals surface area contributed by atoms with E-state index in [9.17, 15) is 0 Å². The van der Waals surface area contributed by atoms with Crippen molar-refractivity contribution in [3.63, 3.8) is 0 Å². The van der Waals surface area contributed by atoms with Crippen LogP contribution in [0.1, 0.15) is 17.7 Å². The van der Waals surface area contributed by atoms with Gasteiger partial charge in [-0.05, 0) is 55.7 Å². The second-order valence-electron chi connectivity index (χ2n) is 7.88. The highest BCUT2D eigenvalue weighted by Crippen LogP contribution is 2.25. The Kier molecular flexibility index (Phi) is 5.28. The van der Waals surface area contributed by atoms with Crippen LogP contribution in [0.15, 0.2) is 96.5 Å². The van der Waals surface area contributed by atoms with Crippen LogP contribution in [0.25, 0.3) is 21.8 Å². The SMILES string of the molecule is Cc1cc(NC2=CCC=C(NCCc3c[nH]c4ccccc34)C=C2)c2ccccc2n1. The van der Waals surface area contributed by atoms with Crippen LogP contribution in [-0.2, 0) is 6.42 Å². The molecule has 0 spiro atoms. The number of aryl methyl sites for hydroxylation is 1. The van der Waals surface area contributed by atoms with E-state index in [2.05, 4.69) is 99.6 Å². The lowest BCUT2D eigenvalue weighted by Gasteiger charge is -2.11. The summed E-state index contributed by atoms with van der Waals surface area (Å²) in [6.07, 6.45) is 12.7. The number of rotatable bonds is 6. The normalized spacial score (nSPS) is 13.7. The number of hydrogen-bond acceptors (Lipinski definition) is 3. The number of para-hydroxylation sites is 2. The summed E-state index contributed by atoms with van der Waals surface area (Å²) >= 11 is 0. The predicted molar refractivity (Wildman–Crippen MR) is 130 cm³/mol. The van der Waals surface area contributed by atoms with Crippen molar-refractivity contribution in [1.29, 1.82) is 0 Å². The zero-order valence-electron chi connectivity index (χ0n) is 17.7. The largest absolute Gasteiger partial charge is 0.385 e. The van der Waals surface area contributed by atoms with Gasteiger partial charge < -0.3 is 15.6 Å². The van der Waals surface area contributed by atoms with Gasteiger partial charge in [-0.2, -0.15) is 0 Å². The van der Waals surface area contributed by atoms with E-state index in [1.54, 1.807) is 0 Å². The first-order chi connectivity index (χ1) is 15.3. The fourth-order valence-electron chi connectivity index (χ4n) is 4.10. The molecule has 1 aliphatic carbocycles. The van der Waals surface area contributed by atoms with Gasteiger partial charge in [0.05, 0.1) is 5.52 Å². The van der Waals surface area contributed by atoms with Gasteiger partial charge in [-0.3, -0.25) is 4.98 Å². The first-order valence-electron chi connectivity index (χ1n) is 10.8. The van der Waals surface area contributed by atoms with Gasteiger partial charge in [0.2, 0.25) is 0 Å². The molecule has 0 radical (unpaired) electrons. The van der Waals surface area contributed by atoms with Crippen molar-refractivity contribution in [3.05, 3.63) is 108 Å². The molecule has 0 amide bonds. The molecule has 0 saturated carbocycles. The predicted octanol–water partition coefficient (Wildman–Crippen LogP) is 6.00. The van der Waals surface area contributed by atoms with Gasteiger partial charge in [-0.15, -0.1) is 0 Å². The van der Waals surface area contributed by atoms with E-state index in [0.29, 0.717) is 0 Å². The highest BCUT2D eigenvalue weighted by molar-refractivity contribution is 5.92. The number of nitrogens with zero attached hydrogens (tertiary/aromatic N) is 1. The lowest BCUT2D eigenvalue weighted by atomic mass is 10.1. The molecule has 2 aromatic heterocycles. The highest BCUT2D eigenvalue weighted by Gasteiger charge is 2.06. The Balaban J connectivity index is 1.23. The van der Waals surface area contributed by atoms with E-state index in [1.807, 2.05) is 13.0 Å². The molecule has 0 fully saturated rings. The molecule has 4 aromatic rings. The molecule has 4 heteroatoms. The van der Waals surface area contributed by atoms with Crippen LogP contribution in [0.2, 0.25) is 0 Å². The maximum absolute atomic E-state index is 4.63. The number of allylic oxidation sites excluding steroid dienone is 4. The Hall–Kier alpha value is -3.79. The van der Waals surface area contributed by atoms with Gasteiger partial charge in [0.25, 0.3) is 0 Å². The Morgan fingerprint density at radius 3 is 2.65 bits per heavy atom. The summed E-state index contributed by atoms with van der Waals surface area (Å²) in [4.78, 5) is 7.99. The zero-order valence-corrected chi connectivity index (χ0v) is 17.7. The quantitative estimate of drug-likeness (QED) is 0.368. The topological polar surface area (TPSA) is 52.7 Å². The molecule has 154 valence electrons. The Morgan fingerprint density at radius 1 is 0.935 bits per heavy atom. The van der Waals surface area contributed by atoms with Crippen LogP contribution < -0.4 is 10.6 Å². The van der Waals surface area contributed by atoms with Crippen molar-refractivity contribution >= 4 is 27.5 Å². The smallest absolute Gasteiger partial charge is 0.0726 e. The van der Waals surface area contributed by atoms with Crippen molar-refractivity contribution in [2.45, 2.75) is 19.8 Å². The molecule has 4 nitrogen and oxygen atoms in total. The van der Waals surface area contributed by atoms with E-state index in [-0.39, 0.29) is 0 Å². The van der Waals surface area contributed by atoms with Crippen molar-refractivity contribution in [3.8, 4) is 0 Å². The van der Waals surface area contributed by atoms with E-state index in [4.69, 9.17) is 0 Å². The summed E-state index contributed by atoms with van der Waals surface area (Å²) in [5.74, 6) is 0. The van der Waals surface area contributed by atoms with Gasteiger partial charge in [0.1, 0.15) is 0 Å². The highest BCUT2D eigenvalue weighted by atomic mass is 14.9. The number of hydrogen-bond donors (Lipinski definition) is 3. The molecular weight excluding hydrogens is 380 g/mol. The third kappa shape index (κ3) is 4.24. The molecule has 31 heavy (non-hydrogen) atoms. The van der Waals surface area contributed by atoms with Crippen molar-refractivity contribution in [2.24, 2.45) is 0 Å². The summed E-state index contributed by atoms with van der Waals surface area (Å²) in [5.41, 5.74) is 7.92. The molecule has 5 rings (SSSR count). The molecule has 2 aromatic carbocycles. The van der Waals surface area contributed by atoms with Gasteiger partial charge in [0, 0.05) is 51.8 Å². The number of nitrogens with one attached hydrogen (secondary N) is 3. The van der Waals surface area contributed by atoms with Crippen molar-refractivity contribution in [2.75, 3.05) is 11.9 Å². The van der Waals surface area contributed by atoms with Crippen LogP contribution in [0.4, 0.5) is 5.69 Å².